The fourth-order valence-electron chi connectivity index (χ4n) is 10.2. The minimum atomic E-state index is -0.0911. The first-order valence-corrected chi connectivity index (χ1v) is 22.6. The molecule has 0 aliphatic heterocycles. The standard InChI is InChI=1S/C61H43NS/c1-61(2)57-22-7-5-17-53(57)55-21-11-20-52(60(55)61)43-28-35-49(36-29-43)62(48-33-26-41(27-34-48)45-30-37-59-56(39-45)54-18-6-8-23-58(54)63-59)47-31-24-40(25-32-47)44-14-9-15-46(38-44)51-19-10-13-42-12-3-4-16-50(42)51/h3-39H,1-2H3. The minimum absolute atomic E-state index is 0.0911. The van der Waals surface area contributed by atoms with Gasteiger partial charge >= 0.3 is 0 Å². The van der Waals surface area contributed by atoms with Crippen molar-refractivity contribution in [1.82, 2.24) is 0 Å². The highest BCUT2D eigenvalue weighted by molar-refractivity contribution is 7.25. The van der Waals surface area contributed by atoms with Crippen molar-refractivity contribution in [2.75, 3.05) is 4.90 Å². The predicted molar refractivity (Wildman–Crippen MR) is 271 cm³/mol. The molecule has 1 nitrogen and oxygen atoms in total. The van der Waals surface area contributed by atoms with Crippen LogP contribution in [0.4, 0.5) is 17.1 Å². The van der Waals surface area contributed by atoms with Gasteiger partial charge < -0.3 is 4.90 Å². The number of rotatable bonds is 7. The van der Waals surface area contributed by atoms with Gasteiger partial charge in [0.05, 0.1) is 0 Å². The molecule has 0 saturated carbocycles. The summed E-state index contributed by atoms with van der Waals surface area (Å²) in [7, 11) is 0. The Morgan fingerprint density at radius 2 is 0.841 bits per heavy atom. The van der Waals surface area contributed by atoms with Crippen molar-refractivity contribution in [1.29, 1.82) is 0 Å². The molecule has 12 rings (SSSR count). The first-order valence-electron chi connectivity index (χ1n) is 21.8. The largest absolute Gasteiger partial charge is 0.311 e. The van der Waals surface area contributed by atoms with E-state index in [0.717, 1.165) is 17.1 Å². The topological polar surface area (TPSA) is 3.24 Å². The average Bonchev–Trinajstić information content (AvgIpc) is 3.83. The Balaban J connectivity index is 0.922. The molecule has 1 heterocycles. The van der Waals surface area contributed by atoms with E-state index in [1.54, 1.807) is 0 Å². The number of hydrogen-bond acceptors (Lipinski definition) is 2. The highest BCUT2D eigenvalue weighted by Gasteiger charge is 2.37. The molecular weight excluding hydrogens is 779 g/mol. The molecule has 11 aromatic rings. The van der Waals surface area contributed by atoms with Gasteiger partial charge in [0.15, 0.2) is 0 Å². The van der Waals surface area contributed by atoms with Crippen molar-refractivity contribution >= 4 is 59.3 Å². The SMILES string of the molecule is CC1(C)c2ccccc2-c2cccc(-c3ccc(N(c4ccc(-c5cccc(-c6cccc7ccccc67)c5)cc4)c4ccc(-c5ccc6sc7ccccc7c6c5)cc4)cc3)c21. The van der Waals surface area contributed by atoms with Crippen LogP contribution in [0.2, 0.25) is 0 Å². The van der Waals surface area contributed by atoms with Crippen LogP contribution in [0.25, 0.3) is 86.6 Å². The highest BCUT2D eigenvalue weighted by atomic mass is 32.1. The van der Waals surface area contributed by atoms with Gasteiger partial charge in [0.2, 0.25) is 0 Å². The summed E-state index contributed by atoms with van der Waals surface area (Å²) in [4.78, 5) is 2.38. The molecule has 0 amide bonds. The van der Waals surface area contributed by atoms with Gasteiger partial charge in [-0.2, -0.15) is 0 Å². The van der Waals surface area contributed by atoms with Crippen molar-refractivity contribution < 1.29 is 0 Å². The van der Waals surface area contributed by atoms with Crippen molar-refractivity contribution in [2.24, 2.45) is 0 Å². The molecule has 0 bridgehead atoms. The second-order valence-electron chi connectivity index (χ2n) is 17.3. The van der Waals surface area contributed by atoms with Gasteiger partial charge in [-0.1, -0.05) is 178 Å². The number of benzene rings is 10. The Morgan fingerprint density at radius 3 is 1.60 bits per heavy atom. The summed E-state index contributed by atoms with van der Waals surface area (Å²) in [6, 6.07) is 82.8. The average molecular weight is 822 g/mol. The highest BCUT2D eigenvalue weighted by Crippen LogP contribution is 2.52. The molecule has 0 fully saturated rings. The molecule has 298 valence electrons. The lowest BCUT2D eigenvalue weighted by Gasteiger charge is -2.27. The quantitative estimate of drug-likeness (QED) is 0.155. The van der Waals surface area contributed by atoms with Gasteiger partial charge in [-0.25, -0.2) is 0 Å². The summed E-state index contributed by atoms with van der Waals surface area (Å²) >= 11 is 1.86. The normalized spacial score (nSPS) is 12.7. The molecule has 0 N–H and O–H groups in total. The molecule has 1 aliphatic carbocycles. The Hall–Kier alpha value is -7.52. The number of nitrogens with zero attached hydrogens (tertiary/aromatic N) is 1. The molecule has 0 saturated heterocycles. The summed E-state index contributed by atoms with van der Waals surface area (Å²) in [6.45, 7) is 4.73. The van der Waals surface area contributed by atoms with E-state index in [2.05, 4.69) is 243 Å². The fraction of sp³-hybridized carbons (Fsp3) is 0.0492. The van der Waals surface area contributed by atoms with Crippen LogP contribution >= 0.6 is 11.3 Å². The van der Waals surface area contributed by atoms with E-state index in [-0.39, 0.29) is 5.41 Å². The van der Waals surface area contributed by atoms with Crippen LogP contribution in [-0.2, 0) is 5.41 Å². The lowest BCUT2D eigenvalue weighted by Crippen LogP contribution is -2.16. The lowest BCUT2D eigenvalue weighted by molar-refractivity contribution is 0.662. The second-order valence-corrected chi connectivity index (χ2v) is 18.4. The zero-order valence-electron chi connectivity index (χ0n) is 35.2. The maximum absolute atomic E-state index is 2.38. The minimum Gasteiger partial charge on any atom is -0.311 e. The Morgan fingerprint density at radius 1 is 0.333 bits per heavy atom. The maximum atomic E-state index is 2.38. The summed E-state index contributed by atoms with van der Waals surface area (Å²) in [5.41, 5.74) is 18.5. The Labute approximate surface area is 372 Å². The monoisotopic (exact) mass is 821 g/mol. The number of anilines is 3. The predicted octanol–water partition coefficient (Wildman–Crippen LogP) is 17.7. The third kappa shape index (κ3) is 6.29. The van der Waals surface area contributed by atoms with Gasteiger partial charge in [0, 0.05) is 42.6 Å². The van der Waals surface area contributed by atoms with E-state index in [1.807, 2.05) is 11.3 Å². The molecule has 0 unspecified atom stereocenters. The van der Waals surface area contributed by atoms with Crippen molar-refractivity contribution in [3.8, 4) is 55.6 Å². The third-order valence-corrected chi connectivity index (χ3v) is 14.4. The van der Waals surface area contributed by atoms with E-state index < -0.39 is 0 Å². The summed E-state index contributed by atoms with van der Waals surface area (Å²) in [6.07, 6.45) is 0. The molecule has 2 heteroatoms. The molecule has 0 spiro atoms. The molecule has 63 heavy (non-hydrogen) atoms. The molecule has 0 radical (unpaired) electrons. The zero-order chi connectivity index (χ0) is 42.1. The first-order chi connectivity index (χ1) is 31.0. The van der Waals surface area contributed by atoms with E-state index in [0.29, 0.717) is 0 Å². The van der Waals surface area contributed by atoms with Crippen LogP contribution in [0.15, 0.2) is 224 Å². The third-order valence-electron chi connectivity index (χ3n) is 13.3. The van der Waals surface area contributed by atoms with Gasteiger partial charge in [-0.15, -0.1) is 11.3 Å². The summed E-state index contributed by atoms with van der Waals surface area (Å²) in [5, 5.41) is 5.16. The van der Waals surface area contributed by atoms with E-state index in [4.69, 9.17) is 0 Å². The van der Waals surface area contributed by atoms with Crippen molar-refractivity contribution in [2.45, 2.75) is 19.3 Å². The van der Waals surface area contributed by atoms with Crippen LogP contribution in [0, 0.1) is 0 Å². The molecule has 1 aliphatic rings. The van der Waals surface area contributed by atoms with Gasteiger partial charge in [0.25, 0.3) is 0 Å². The maximum Gasteiger partial charge on any atom is 0.0462 e. The van der Waals surface area contributed by atoms with E-state index >= 15 is 0 Å². The summed E-state index contributed by atoms with van der Waals surface area (Å²) < 4.78 is 2.65. The molecule has 10 aromatic carbocycles. The van der Waals surface area contributed by atoms with E-state index in [9.17, 15) is 0 Å². The zero-order valence-corrected chi connectivity index (χ0v) is 36.0. The Kier molecular flexibility index (Phi) is 8.77. The van der Waals surface area contributed by atoms with Crippen LogP contribution in [0.3, 0.4) is 0 Å². The van der Waals surface area contributed by atoms with Gasteiger partial charge in [0.1, 0.15) is 0 Å². The van der Waals surface area contributed by atoms with Gasteiger partial charge in [-0.3, -0.25) is 0 Å². The number of hydrogen-bond donors (Lipinski definition) is 0. The smallest absolute Gasteiger partial charge is 0.0462 e. The van der Waals surface area contributed by atoms with Crippen LogP contribution < -0.4 is 4.90 Å². The number of fused-ring (bicyclic) bond motifs is 7. The van der Waals surface area contributed by atoms with E-state index in [1.165, 1.54) is 97.7 Å². The lowest BCUT2D eigenvalue weighted by atomic mass is 9.79. The first kappa shape index (κ1) is 37.3. The Bertz CT molecular complexity index is 3510. The van der Waals surface area contributed by atoms with Crippen molar-refractivity contribution in [3.05, 3.63) is 236 Å². The van der Waals surface area contributed by atoms with Crippen LogP contribution in [0.1, 0.15) is 25.0 Å². The van der Waals surface area contributed by atoms with Crippen LogP contribution in [0.5, 0.6) is 0 Å². The second kappa shape index (κ2) is 14.8. The molecular formula is C61H43NS. The molecule has 0 atom stereocenters. The number of thiophene rings is 1. The fourth-order valence-corrected chi connectivity index (χ4v) is 11.3. The van der Waals surface area contributed by atoms with Crippen molar-refractivity contribution in [3.63, 3.8) is 0 Å². The molecule has 1 aromatic heterocycles. The van der Waals surface area contributed by atoms with Crippen LogP contribution in [-0.4, -0.2) is 0 Å². The summed E-state index contributed by atoms with van der Waals surface area (Å²) in [5.74, 6) is 0. The van der Waals surface area contributed by atoms with Gasteiger partial charge in [-0.05, 0) is 138 Å².